The van der Waals surface area contributed by atoms with Crippen LogP contribution in [0.2, 0.25) is 0 Å². The van der Waals surface area contributed by atoms with E-state index in [-0.39, 0.29) is 11.5 Å². The Morgan fingerprint density at radius 2 is 0.915 bits per heavy atom. The highest BCUT2D eigenvalue weighted by atomic mass is 79.9. The number of hydrogen-bond donors (Lipinski definition) is 2. The Morgan fingerprint density at radius 1 is 0.524 bits per heavy atom. The normalized spacial score (nSPS) is 11.8. The highest BCUT2D eigenvalue weighted by Gasteiger charge is 2.33. The van der Waals surface area contributed by atoms with Crippen molar-refractivity contribution in [2.45, 2.75) is 79.0 Å². The minimum atomic E-state index is -4.51. The maximum Gasteiger partial charge on any atom is 0.420 e. The number of carbonyl (C=O) groups excluding carboxylic acids is 1. The average Bonchev–Trinajstić information content (AvgIpc) is 4.14. The summed E-state index contributed by atoms with van der Waals surface area (Å²) in [6, 6.07) is 13.6. The van der Waals surface area contributed by atoms with Crippen LogP contribution in [-0.4, -0.2) is 70.3 Å². The zero-order chi connectivity index (χ0) is 60.1. The first-order valence-electron chi connectivity index (χ1n) is 23.8. The van der Waals surface area contributed by atoms with Crippen LogP contribution in [0.25, 0.3) is 17.5 Å². The van der Waals surface area contributed by atoms with Crippen LogP contribution in [0, 0.1) is 20.8 Å². The predicted molar refractivity (Wildman–Crippen MR) is 301 cm³/mol. The Labute approximate surface area is 495 Å². The fourth-order valence-electron chi connectivity index (χ4n) is 7.36. The van der Waals surface area contributed by atoms with Crippen LogP contribution in [0.15, 0.2) is 135 Å². The van der Waals surface area contributed by atoms with E-state index in [1.165, 1.54) is 61.2 Å². The second-order valence-corrected chi connectivity index (χ2v) is 21.2. The van der Waals surface area contributed by atoms with Gasteiger partial charge in [0.25, 0.3) is 0 Å². The minimum absolute atomic E-state index is 0.0626. The van der Waals surface area contributed by atoms with Crippen LogP contribution in [0.5, 0.6) is 0 Å². The number of alkyl halides is 9. The van der Waals surface area contributed by atoms with Crippen LogP contribution in [-0.2, 0) is 29.7 Å². The number of hydrogen-bond acceptors (Lipinski definition) is 13. The topological polar surface area (TPSA) is 184 Å². The van der Waals surface area contributed by atoms with E-state index in [1.54, 1.807) is 55.4 Å². The lowest BCUT2D eigenvalue weighted by Crippen LogP contribution is -2.34. The van der Waals surface area contributed by atoms with Crippen molar-refractivity contribution in [2.75, 3.05) is 15.5 Å². The Kier molecular flexibility index (Phi) is 19.3. The fraction of sp³-hybridized carbons (Fsp3) is 0.231. The molecule has 6 aromatic heterocycles. The maximum absolute atomic E-state index is 13.0. The molecule has 9 rings (SSSR count). The molecule has 0 radical (unpaired) electrons. The van der Waals surface area contributed by atoms with E-state index in [1.807, 2.05) is 25.3 Å². The van der Waals surface area contributed by atoms with Gasteiger partial charge in [-0.1, -0.05) is 6.92 Å². The molecule has 2 N–H and O–H groups in total. The van der Waals surface area contributed by atoms with E-state index in [2.05, 4.69) is 119 Å². The van der Waals surface area contributed by atoms with Gasteiger partial charge in [-0.2, -0.15) is 39.5 Å². The summed E-state index contributed by atoms with van der Waals surface area (Å²) in [4.78, 5) is 52.7. The minimum Gasteiger partial charge on any atom is -0.443 e. The van der Waals surface area contributed by atoms with Crippen LogP contribution in [0.1, 0.15) is 67.6 Å². The number of halogens is 13. The largest absolute Gasteiger partial charge is 0.443 e. The smallest absolute Gasteiger partial charge is 0.420 e. The van der Waals surface area contributed by atoms with Gasteiger partial charge in [-0.25, -0.2) is 39.6 Å². The van der Waals surface area contributed by atoms with Gasteiger partial charge in [0, 0.05) is 23.3 Å². The standard InChI is InChI=1S/C20H18Br2F3N5O2.C17H16F3N5.C15H10Br2F3N5/c1-11-27-16(21)17(22)29(11)14-9-26-10-15(28-14)30(18(31)32-19(2,3)4)13-7-5-12(6-8-13)20(23,24)25;1-3-14-8-22-11(2)25(14)16-10-21-9-15(24-16)23-13-6-4-12(5-7-13)17(18,19)20;1-8-22-13(16)14(17)25(8)12-7-21-6-11(24-12)23-10-4-2-9(3-5-10)15(18,19)20/h5-10H,1-4H3;4-10H,3H2,1-2H3,(H,23,24);2-7H,1H3,(H,23,24). The highest BCUT2D eigenvalue weighted by molar-refractivity contribution is 9.13. The Balaban J connectivity index is 0.000000179. The molecule has 0 atom stereocenters. The molecule has 0 saturated heterocycles. The Morgan fingerprint density at radius 3 is 1.29 bits per heavy atom. The summed E-state index contributed by atoms with van der Waals surface area (Å²) in [6.45, 7) is 12.5. The number of ether oxygens (including phenoxy) is 1. The Bertz CT molecular complexity index is 3680. The highest BCUT2D eigenvalue weighted by Crippen LogP contribution is 2.36. The molecular formula is C52H44Br4F9N15O2. The van der Waals surface area contributed by atoms with Gasteiger partial charge >= 0.3 is 24.6 Å². The summed E-state index contributed by atoms with van der Waals surface area (Å²) in [7, 11) is 0. The quantitative estimate of drug-likeness (QED) is 0.123. The van der Waals surface area contributed by atoms with E-state index in [0.717, 1.165) is 59.2 Å². The summed E-state index contributed by atoms with van der Waals surface area (Å²) in [6.07, 6.45) is -2.50. The Hall–Kier alpha value is -7.31. The van der Waals surface area contributed by atoms with Gasteiger partial charge in [-0.05, 0) is 184 Å². The maximum atomic E-state index is 13.0. The third kappa shape index (κ3) is 15.6. The summed E-state index contributed by atoms with van der Waals surface area (Å²) < 4.78 is 128. The number of imidazole rings is 3. The summed E-state index contributed by atoms with van der Waals surface area (Å²) in [5, 5.41) is 5.90. The molecule has 0 bridgehead atoms. The van der Waals surface area contributed by atoms with Crippen molar-refractivity contribution in [3.63, 3.8) is 0 Å². The number of aryl methyl sites for hydroxylation is 4. The third-order valence-electron chi connectivity index (χ3n) is 11.0. The molecule has 0 aliphatic heterocycles. The summed E-state index contributed by atoms with van der Waals surface area (Å²) in [5.41, 5.74) is -0.978. The second-order valence-electron chi connectivity index (χ2n) is 18.2. The van der Waals surface area contributed by atoms with Crippen LogP contribution in [0.3, 0.4) is 0 Å². The van der Waals surface area contributed by atoms with E-state index in [9.17, 15) is 44.3 Å². The van der Waals surface area contributed by atoms with Crippen molar-refractivity contribution < 1.29 is 49.0 Å². The molecular weight excluding hydrogens is 1360 g/mol. The van der Waals surface area contributed by atoms with Gasteiger partial charge < -0.3 is 15.4 Å². The second kappa shape index (κ2) is 25.5. The first-order chi connectivity index (χ1) is 38.4. The van der Waals surface area contributed by atoms with Gasteiger partial charge in [-0.3, -0.25) is 28.7 Å². The third-order valence-corrected chi connectivity index (χ3v) is 14.7. The van der Waals surface area contributed by atoms with Gasteiger partial charge in [0.15, 0.2) is 34.9 Å². The van der Waals surface area contributed by atoms with Crippen LogP contribution >= 0.6 is 63.7 Å². The van der Waals surface area contributed by atoms with Crippen LogP contribution < -0.4 is 15.5 Å². The zero-order valence-corrected chi connectivity index (χ0v) is 50.1. The van der Waals surface area contributed by atoms with Crippen molar-refractivity contribution in [1.29, 1.82) is 0 Å². The van der Waals surface area contributed by atoms with E-state index in [0.29, 0.717) is 70.5 Å². The molecule has 17 nitrogen and oxygen atoms in total. The first kappa shape index (κ1) is 62.3. The number of aromatic nitrogens is 12. The van der Waals surface area contributed by atoms with Crippen molar-refractivity contribution in [3.8, 4) is 17.5 Å². The number of benzene rings is 3. The molecule has 0 aliphatic rings. The van der Waals surface area contributed by atoms with Gasteiger partial charge in [0.05, 0.1) is 59.6 Å². The number of anilines is 6. The number of nitrogens with zero attached hydrogens (tertiary/aromatic N) is 13. The van der Waals surface area contributed by atoms with Crippen molar-refractivity contribution >= 4 is 104 Å². The zero-order valence-electron chi connectivity index (χ0n) is 43.7. The molecule has 0 saturated carbocycles. The molecule has 0 unspecified atom stereocenters. The molecule has 0 spiro atoms. The number of amides is 1. The molecule has 1 amide bonds. The molecule has 430 valence electrons. The monoisotopic (exact) mass is 1400 g/mol. The number of carbonyl (C=O) groups is 1. The molecule has 30 heteroatoms. The lowest BCUT2D eigenvalue weighted by molar-refractivity contribution is -0.138. The lowest BCUT2D eigenvalue weighted by Gasteiger charge is -2.27. The first-order valence-corrected chi connectivity index (χ1v) is 27.0. The fourth-order valence-corrected chi connectivity index (χ4v) is 9.28. The molecule has 0 fully saturated rings. The predicted octanol–water partition coefficient (Wildman–Crippen LogP) is 16.1. The van der Waals surface area contributed by atoms with Gasteiger partial charge in [0.2, 0.25) is 0 Å². The lowest BCUT2D eigenvalue weighted by atomic mass is 10.2. The molecule has 6 heterocycles. The van der Waals surface area contributed by atoms with Gasteiger partial charge in [-0.15, -0.1) is 0 Å². The van der Waals surface area contributed by atoms with Gasteiger partial charge in [0.1, 0.15) is 41.5 Å². The average molecular weight is 1400 g/mol. The summed E-state index contributed by atoms with van der Waals surface area (Å²) >= 11 is 13.5. The SMILES string of the molecule is CCc1cnc(C)n1-c1cncc(Nc2ccc(C(F)(F)F)cc2)n1.Cc1nc(Br)c(Br)n1-c1cncc(N(C(=O)OC(C)(C)C)c2ccc(C(F)(F)F)cc2)n1.Cc1nc(Br)c(Br)n1-c1cncc(Nc2ccc(C(F)(F)F)cc2)n1. The number of nitrogens with one attached hydrogen (secondary N) is 2. The van der Waals surface area contributed by atoms with Crippen LogP contribution in [0.4, 0.5) is 78.8 Å². The van der Waals surface area contributed by atoms with E-state index < -0.39 is 46.9 Å². The molecule has 82 heavy (non-hydrogen) atoms. The van der Waals surface area contributed by atoms with Crippen molar-refractivity contribution in [2.24, 2.45) is 0 Å². The molecule has 3 aromatic carbocycles. The van der Waals surface area contributed by atoms with E-state index in [4.69, 9.17) is 4.74 Å². The summed E-state index contributed by atoms with van der Waals surface area (Å²) in [5.74, 6) is 4.42. The molecule has 0 aliphatic carbocycles. The van der Waals surface area contributed by atoms with Crippen molar-refractivity contribution in [1.82, 2.24) is 58.6 Å². The molecule has 9 aromatic rings. The van der Waals surface area contributed by atoms with E-state index >= 15 is 0 Å². The van der Waals surface area contributed by atoms with Crippen molar-refractivity contribution in [3.05, 3.63) is 174 Å². The number of rotatable bonds is 10.